The van der Waals surface area contributed by atoms with Crippen molar-refractivity contribution in [3.05, 3.63) is 53.9 Å². The van der Waals surface area contributed by atoms with Crippen LogP contribution in [0, 0.1) is 5.82 Å². The number of halogens is 1. The molecule has 0 spiro atoms. The molecule has 4 nitrogen and oxygen atoms in total. The molecule has 1 aliphatic rings. The summed E-state index contributed by atoms with van der Waals surface area (Å²) in [5.41, 5.74) is 0.792. The fourth-order valence-corrected chi connectivity index (χ4v) is 3.07. The van der Waals surface area contributed by atoms with Crippen molar-refractivity contribution in [1.29, 1.82) is 0 Å². The number of rotatable bonds is 4. The fourth-order valence-electron chi connectivity index (χ4n) is 3.07. The van der Waals surface area contributed by atoms with E-state index in [9.17, 15) is 4.39 Å². The lowest BCUT2D eigenvalue weighted by Crippen LogP contribution is -2.47. The first kappa shape index (κ1) is 15.2. The van der Waals surface area contributed by atoms with Crippen LogP contribution in [0.2, 0.25) is 0 Å². The Morgan fingerprint density at radius 1 is 1.18 bits per heavy atom. The van der Waals surface area contributed by atoms with Gasteiger partial charge < -0.3 is 4.57 Å². The van der Waals surface area contributed by atoms with Crippen LogP contribution in [0.1, 0.15) is 24.4 Å². The number of hydrogen-bond acceptors (Lipinski definition) is 3. The summed E-state index contributed by atoms with van der Waals surface area (Å²) in [6.45, 7) is 6.87. The number of piperazine rings is 1. The third-order valence-electron chi connectivity index (χ3n) is 4.60. The molecule has 0 aliphatic carbocycles. The Hall–Kier alpha value is -1.72. The highest BCUT2D eigenvalue weighted by Gasteiger charge is 2.24. The zero-order valence-electron chi connectivity index (χ0n) is 13.2. The second kappa shape index (κ2) is 6.58. The molecule has 1 fully saturated rings. The van der Waals surface area contributed by atoms with E-state index < -0.39 is 0 Å². The standard InChI is InChI=1S/C17H23FN4/c1-14(15-5-3-4-6-16(15)18)22-11-9-21(10-12-22)13-17-19-7-8-20(17)2/h3-8,14H,9-13H2,1-2H3/t14-/m1/s1. The van der Waals surface area contributed by atoms with Crippen molar-refractivity contribution >= 4 is 0 Å². The van der Waals surface area contributed by atoms with E-state index in [1.54, 1.807) is 12.1 Å². The molecule has 2 aromatic rings. The molecule has 1 aromatic heterocycles. The van der Waals surface area contributed by atoms with Crippen LogP contribution >= 0.6 is 0 Å². The Kier molecular flexibility index (Phi) is 4.55. The molecule has 0 radical (unpaired) electrons. The topological polar surface area (TPSA) is 24.3 Å². The lowest BCUT2D eigenvalue weighted by molar-refractivity contribution is 0.0944. The summed E-state index contributed by atoms with van der Waals surface area (Å²) in [5.74, 6) is 0.987. The first-order valence-corrected chi connectivity index (χ1v) is 7.82. The van der Waals surface area contributed by atoms with Gasteiger partial charge in [-0.25, -0.2) is 9.37 Å². The lowest BCUT2D eigenvalue weighted by atomic mass is 10.1. The van der Waals surface area contributed by atoms with E-state index in [0.29, 0.717) is 0 Å². The molecule has 3 rings (SSSR count). The van der Waals surface area contributed by atoms with Gasteiger partial charge >= 0.3 is 0 Å². The summed E-state index contributed by atoms with van der Waals surface area (Å²) in [5, 5.41) is 0. The normalized spacial score (nSPS) is 18.5. The minimum atomic E-state index is -0.106. The van der Waals surface area contributed by atoms with Crippen molar-refractivity contribution < 1.29 is 4.39 Å². The number of benzene rings is 1. The summed E-state index contributed by atoms with van der Waals surface area (Å²) < 4.78 is 16.0. The van der Waals surface area contributed by atoms with Gasteiger partial charge in [-0.05, 0) is 13.0 Å². The van der Waals surface area contributed by atoms with Crippen molar-refractivity contribution in [2.75, 3.05) is 26.2 Å². The molecule has 0 unspecified atom stereocenters. The molecule has 1 atom stereocenters. The molecule has 0 saturated carbocycles. The molecule has 0 bridgehead atoms. The van der Waals surface area contributed by atoms with E-state index in [4.69, 9.17) is 0 Å². The minimum Gasteiger partial charge on any atom is -0.337 e. The van der Waals surface area contributed by atoms with E-state index in [0.717, 1.165) is 44.1 Å². The lowest BCUT2D eigenvalue weighted by Gasteiger charge is -2.38. The van der Waals surface area contributed by atoms with Crippen molar-refractivity contribution in [3.63, 3.8) is 0 Å². The third kappa shape index (κ3) is 3.20. The molecular formula is C17H23FN4. The zero-order valence-corrected chi connectivity index (χ0v) is 13.2. The Balaban J connectivity index is 1.57. The van der Waals surface area contributed by atoms with Gasteiger partial charge in [0.05, 0.1) is 6.54 Å². The van der Waals surface area contributed by atoms with Gasteiger partial charge in [0.25, 0.3) is 0 Å². The van der Waals surface area contributed by atoms with Crippen LogP contribution in [0.15, 0.2) is 36.7 Å². The average molecular weight is 302 g/mol. The van der Waals surface area contributed by atoms with Crippen LogP contribution in [0.3, 0.4) is 0 Å². The Morgan fingerprint density at radius 2 is 1.91 bits per heavy atom. The maximum atomic E-state index is 13.9. The average Bonchev–Trinajstić information content (AvgIpc) is 2.93. The highest BCUT2D eigenvalue weighted by molar-refractivity contribution is 5.20. The second-order valence-corrected chi connectivity index (χ2v) is 5.96. The molecule has 1 aromatic carbocycles. The minimum absolute atomic E-state index is 0.106. The van der Waals surface area contributed by atoms with E-state index in [1.165, 1.54) is 0 Å². The van der Waals surface area contributed by atoms with E-state index in [-0.39, 0.29) is 11.9 Å². The Bertz CT molecular complexity index is 617. The van der Waals surface area contributed by atoms with Gasteiger partial charge in [-0.3, -0.25) is 9.80 Å². The largest absolute Gasteiger partial charge is 0.337 e. The van der Waals surface area contributed by atoms with Crippen molar-refractivity contribution in [2.24, 2.45) is 7.05 Å². The number of aromatic nitrogens is 2. The summed E-state index contributed by atoms with van der Waals surface area (Å²) in [6, 6.07) is 7.21. The van der Waals surface area contributed by atoms with Gasteiger partial charge in [0, 0.05) is 57.2 Å². The van der Waals surface area contributed by atoms with Crippen LogP contribution in [0.4, 0.5) is 4.39 Å². The van der Waals surface area contributed by atoms with Gasteiger partial charge in [-0.15, -0.1) is 0 Å². The van der Waals surface area contributed by atoms with Crippen LogP contribution in [-0.2, 0) is 13.6 Å². The SMILES string of the molecule is C[C@H](c1ccccc1F)N1CCN(Cc2nccn2C)CC1. The monoisotopic (exact) mass is 302 g/mol. The maximum absolute atomic E-state index is 13.9. The van der Waals surface area contributed by atoms with Crippen molar-refractivity contribution in [2.45, 2.75) is 19.5 Å². The summed E-state index contributed by atoms with van der Waals surface area (Å²) in [4.78, 5) is 9.15. The summed E-state index contributed by atoms with van der Waals surface area (Å²) >= 11 is 0. The van der Waals surface area contributed by atoms with Gasteiger partial charge in [0.1, 0.15) is 11.6 Å². The van der Waals surface area contributed by atoms with E-state index in [2.05, 4.69) is 26.3 Å². The molecule has 2 heterocycles. The Labute approximate surface area is 131 Å². The van der Waals surface area contributed by atoms with E-state index >= 15 is 0 Å². The quantitative estimate of drug-likeness (QED) is 0.867. The van der Waals surface area contributed by atoms with E-state index in [1.807, 2.05) is 31.6 Å². The van der Waals surface area contributed by atoms with Gasteiger partial charge in [0.15, 0.2) is 0 Å². The zero-order chi connectivity index (χ0) is 15.5. The summed E-state index contributed by atoms with van der Waals surface area (Å²) in [7, 11) is 2.03. The van der Waals surface area contributed by atoms with Gasteiger partial charge in [0.2, 0.25) is 0 Å². The molecule has 0 N–H and O–H groups in total. The second-order valence-electron chi connectivity index (χ2n) is 5.96. The number of hydrogen-bond donors (Lipinski definition) is 0. The number of imidazole rings is 1. The van der Waals surface area contributed by atoms with Gasteiger partial charge in [-0.1, -0.05) is 18.2 Å². The fraction of sp³-hybridized carbons (Fsp3) is 0.471. The summed E-state index contributed by atoms with van der Waals surface area (Å²) in [6.07, 6.45) is 3.82. The maximum Gasteiger partial charge on any atom is 0.127 e. The highest BCUT2D eigenvalue weighted by Crippen LogP contribution is 2.24. The Morgan fingerprint density at radius 3 is 2.55 bits per heavy atom. The molecular weight excluding hydrogens is 279 g/mol. The molecule has 22 heavy (non-hydrogen) atoms. The number of aryl methyl sites for hydroxylation is 1. The molecule has 0 amide bonds. The predicted molar refractivity (Wildman–Crippen MR) is 84.9 cm³/mol. The van der Waals surface area contributed by atoms with Crippen molar-refractivity contribution in [3.8, 4) is 0 Å². The molecule has 1 aliphatic heterocycles. The molecule has 118 valence electrons. The van der Waals surface area contributed by atoms with Crippen molar-refractivity contribution in [1.82, 2.24) is 19.4 Å². The van der Waals surface area contributed by atoms with Crippen LogP contribution in [0.25, 0.3) is 0 Å². The first-order chi connectivity index (χ1) is 10.6. The molecule has 1 saturated heterocycles. The van der Waals surface area contributed by atoms with Crippen LogP contribution in [0.5, 0.6) is 0 Å². The third-order valence-corrected chi connectivity index (χ3v) is 4.60. The van der Waals surface area contributed by atoms with Gasteiger partial charge in [-0.2, -0.15) is 0 Å². The molecule has 5 heteroatoms. The number of nitrogens with zero attached hydrogens (tertiary/aromatic N) is 4. The predicted octanol–water partition coefficient (Wildman–Crippen LogP) is 2.44. The first-order valence-electron chi connectivity index (χ1n) is 7.82. The van der Waals surface area contributed by atoms with Crippen LogP contribution < -0.4 is 0 Å². The van der Waals surface area contributed by atoms with Crippen LogP contribution in [-0.4, -0.2) is 45.5 Å². The smallest absolute Gasteiger partial charge is 0.127 e. The highest BCUT2D eigenvalue weighted by atomic mass is 19.1.